The number of nitrogens with two attached hydrogens (primary N) is 1. The lowest BCUT2D eigenvalue weighted by atomic mass is 10.2. The van der Waals surface area contributed by atoms with Crippen molar-refractivity contribution in [1.29, 1.82) is 0 Å². The lowest BCUT2D eigenvalue weighted by Crippen LogP contribution is -2.16. The van der Waals surface area contributed by atoms with Gasteiger partial charge in [-0.1, -0.05) is 6.92 Å². The van der Waals surface area contributed by atoms with Gasteiger partial charge in [-0.15, -0.1) is 0 Å². The standard InChI is InChI=1S/C15H19N5O2/c1-3-9(2)19-14-13(16)15(18-7-17-14)20-10-4-5-11-12(6-10)22-8-21-11/h4-7,9H,3,8,16H2,1-2H3,(H2,17,18,19,20). The molecule has 0 amide bonds. The minimum absolute atomic E-state index is 0.247. The molecule has 116 valence electrons. The fraction of sp³-hybridized carbons (Fsp3) is 0.333. The molecule has 4 N–H and O–H groups in total. The molecule has 7 heteroatoms. The average molecular weight is 301 g/mol. The van der Waals surface area contributed by atoms with Crippen molar-refractivity contribution in [1.82, 2.24) is 9.97 Å². The minimum Gasteiger partial charge on any atom is -0.454 e. The number of nitrogen functional groups attached to an aromatic ring is 1. The summed E-state index contributed by atoms with van der Waals surface area (Å²) in [4.78, 5) is 8.40. The zero-order chi connectivity index (χ0) is 15.5. The molecule has 0 saturated heterocycles. The van der Waals surface area contributed by atoms with E-state index in [4.69, 9.17) is 15.2 Å². The number of nitrogens with zero attached hydrogens (tertiary/aromatic N) is 2. The molecule has 1 unspecified atom stereocenters. The Balaban J connectivity index is 1.81. The van der Waals surface area contributed by atoms with Gasteiger partial charge in [-0.25, -0.2) is 9.97 Å². The highest BCUT2D eigenvalue weighted by atomic mass is 16.7. The zero-order valence-electron chi connectivity index (χ0n) is 12.6. The molecular formula is C15H19N5O2. The number of ether oxygens (including phenoxy) is 2. The summed E-state index contributed by atoms with van der Waals surface area (Å²) in [6, 6.07) is 5.87. The molecular weight excluding hydrogens is 282 g/mol. The molecule has 7 nitrogen and oxygen atoms in total. The third-order valence-corrected chi connectivity index (χ3v) is 3.51. The van der Waals surface area contributed by atoms with Crippen molar-refractivity contribution < 1.29 is 9.47 Å². The molecule has 1 atom stereocenters. The molecule has 22 heavy (non-hydrogen) atoms. The maximum atomic E-state index is 6.14. The molecule has 2 aromatic rings. The predicted molar refractivity (Wildman–Crippen MR) is 85.7 cm³/mol. The smallest absolute Gasteiger partial charge is 0.231 e. The van der Waals surface area contributed by atoms with Crippen LogP contribution in [0.5, 0.6) is 11.5 Å². The molecule has 1 aliphatic heterocycles. The maximum Gasteiger partial charge on any atom is 0.231 e. The van der Waals surface area contributed by atoms with E-state index in [-0.39, 0.29) is 12.8 Å². The van der Waals surface area contributed by atoms with Crippen molar-refractivity contribution in [3.05, 3.63) is 24.5 Å². The Bertz CT molecular complexity index is 677. The highest BCUT2D eigenvalue weighted by molar-refractivity contribution is 5.78. The largest absolute Gasteiger partial charge is 0.454 e. The van der Waals surface area contributed by atoms with Gasteiger partial charge in [0.25, 0.3) is 0 Å². The number of rotatable bonds is 5. The van der Waals surface area contributed by atoms with Crippen LogP contribution in [0.2, 0.25) is 0 Å². The van der Waals surface area contributed by atoms with Crippen LogP contribution in [0.3, 0.4) is 0 Å². The molecule has 1 aromatic carbocycles. The summed E-state index contributed by atoms with van der Waals surface area (Å²) < 4.78 is 10.7. The van der Waals surface area contributed by atoms with Crippen LogP contribution in [0.25, 0.3) is 0 Å². The van der Waals surface area contributed by atoms with E-state index in [1.807, 2.05) is 18.2 Å². The number of hydrogen-bond donors (Lipinski definition) is 3. The van der Waals surface area contributed by atoms with Crippen molar-refractivity contribution >= 4 is 23.0 Å². The van der Waals surface area contributed by atoms with Crippen LogP contribution in [-0.4, -0.2) is 22.8 Å². The van der Waals surface area contributed by atoms with Crippen LogP contribution < -0.4 is 25.8 Å². The monoisotopic (exact) mass is 301 g/mol. The van der Waals surface area contributed by atoms with Gasteiger partial charge in [0.2, 0.25) is 6.79 Å². The summed E-state index contributed by atoms with van der Waals surface area (Å²) in [5.41, 5.74) is 7.45. The highest BCUT2D eigenvalue weighted by Gasteiger charge is 2.15. The van der Waals surface area contributed by atoms with E-state index >= 15 is 0 Å². The Morgan fingerprint density at radius 3 is 2.82 bits per heavy atom. The Morgan fingerprint density at radius 1 is 1.23 bits per heavy atom. The van der Waals surface area contributed by atoms with E-state index < -0.39 is 0 Å². The van der Waals surface area contributed by atoms with Gasteiger partial charge in [-0.3, -0.25) is 0 Å². The third kappa shape index (κ3) is 2.83. The van der Waals surface area contributed by atoms with Crippen molar-refractivity contribution in [2.75, 3.05) is 23.2 Å². The van der Waals surface area contributed by atoms with Crippen LogP contribution in [0.15, 0.2) is 24.5 Å². The first kappa shape index (κ1) is 14.2. The zero-order valence-corrected chi connectivity index (χ0v) is 12.6. The Labute approximate surface area is 128 Å². The van der Waals surface area contributed by atoms with Gasteiger partial charge in [0.15, 0.2) is 23.1 Å². The van der Waals surface area contributed by atoms with E-state index in [0.29, 0.717) is 23.1 Å². The average Bonchev–Trinajstić information content (AvgIpc) is 2.98. The first-order valence-electron chi connectivity index (χ1n) is 7.21. The molecule has 0 fully saturated rings. The van der Waals surface area contributed by atoms with Gasteiger partial charge >= 0.3 is 0 Å². The molecule has 1 aromatic heterocycles. The number of anilines is 4. The van der Waals surface area contributed by atoms with Gasteiger partial charge in [0.05, 0.1) is 0 Å². The topological polar surface area (TPSA) is 94.3 Å². The minimum atomic E-state index is 0.247. The fourth-order valence-electron chi connectivity index (χ4n) is 2.06. The molecule has 0 saturated carbocycles. The Hall–Kier alpha value is -2.70. The van der Waals surface area contributed by atoms with E-state index in [1.54, 1.807) is 0 Å². The van der Waals surface area contributed by atoms with Gasteiger partial charge in [-0.05, 0) is 25.5 Å². The van der Waals surface area contributed by atoms with Gasteiger partial charge in [0, 0.05) is 17.8 Å². The lowest BCUT2D eigenvalue weighted by Gasteiger charge is -2.16. The molecule has 0 spiro atoms. The SMILES string of the molecule is CCC(C)Nc1ncnc(Nc2ccc3c(c2)OCO3)c1N. The number of aromatic nitrogens is 2. The molecule has 0 aliphatic carbocycles. The molecule has 3 rings (SSSR count). The van der Waals surface area contributed by atoms with Gasteiger partial charge in [0.1, 0.15) is 12.0 Å². The van der Waals surface area contributed by atoms with Crippen molar-refractivity contribution in [2.24, 2.45) is 0 Å². The van der Waals surface area contributed by atoms with Crippen molar-refractivity contribution in [3.8, 4) is 11.5 Å². The molecule has 2 heterocycles. The van der Waals surface area contributed by atoms with Crippen LogP contribution in [0.4, 0.5) is 23.0 Å². The van der Waals surface area contributed by atoms with Crippen LogP contribution in [-0.2, 0) is 0 Å². The van der Waals surface area contributed by atoms with Gasteiger partial charge < -0.3 is 25.8 Å². The predicted octanol–water partition coefficient (Wildman–Crippen LogP) is 2.74. The summed E-state index contributed by atoms with van der Waals surface area (Å²) in [5, 5.41) is 6.45. The van der Waals surface area contributed by atoms with Crippen LogP contribution in [0.1, 0.15) is 20.3 Å². The molecule has 0 radical (unpaired) electrons. The second-order valence-electron chi connectivity index (χ2n) is 5.13. The number of benzene rings is 1. The quantitative estimate of drug-likeness (QED) is 0.781. The van der Waals surface area contributed by atoms with Crippen LogP contribution >= 0.6 is 0 Å². The summed E-state index contributed by atoms with van der Waals surface area (Å²) in [5.74, 6) is 2.63. The second-order valence-corrected chi connectivity index (χ2v) is 5.13. The van der Waals surface area contributed by atoms with Crippen LogP contribution in [0, 0.1) is 0 Å². The molecule has 1 aliphatic rings. The van der Waals surface area contributed by atoms with Gasteiger partial charge in [-0.2, -0.15) is 0 Å². The van der Waals surface area contributed by atoms with E-state index in [1.165, 1.54) is 6.33 Å². The Kier molecular flexibility index (Phi) is 3.86. The third-order valence-electron chi connectivity index (χ3n) is 3.51. The number of hydrogen-bond acceptors (Lipinski definition) is 7. The fourth-order valence-corrected chi connectivity index (χ4v) is 2.06. The summed E-state index contributed by atoms with van der Waals surface area (Å²) in [6.07, 6.45) is 2.46. The summed E-state index contributed by atoms with van der Waals surface area (Å²) in [7, 11) is 0. The lowest BCUT2D eigenvalue weighted by molar-refractivity contribution is 0.174. The van der Waals surface area contributed by atoms with E-state index in [9.17, 15) is 0 Å². The van der Waals surface area contributed by atoms with Crippen molar-refractivity contribution in [3.63, 3.8) is 0 Å². The maximum absolute atomic E-state index is 6.14. The first-order valence-corrected chi connectivity index (χ1v) is 7.21. The Morgan fingerprint density at radius 2 is 2.00 bits per heavy atom. The number of fused-ring (bicyclic) bond motifs is 1. The van der Waals surface area contributed by atoms with E-state index in [2.05, 4.69) is 34.4 Å². The first-order chi connectivity index (χ1) is 10.7. The normalized spacial score (nSPS) is 13.7. The summed E-state index contributed by atoms with van der Waals surface area (Å²) in [6.45, 7) is 4.42. The van der Waals surface area contributed by atoms with Crippen molar-refractivity contribution in [2.45, 2.75) is 26.3 Å². The highest BCUT2D eigenvalue weighted by Crippen LogP contribution is 2.35. The molecule has 0 bridgehead atoms. The second kappa shape index (κ2) is 5.97. The summed E-state index contributed by atoms with van der Waals surface area (Å²) >= 11 is 0. The van der Waals surface area contributed by atoms with E-state index in [0.717, 1.165) is 17.9 Å². The number of nitrogens with one attached hydrogen (secondary N) is 2.